The molecule has 0 aliphatic carbocycles. The first kappa shape index (κ1) is 13.8. The molecule has 1 aliphatic heterocycles. The molecule has 0 atom stereocenters. The highest BCUT2D eigenvalue weighted by Crippen LogP contribution is 2.32. The van der Waals surface area contributed by atoms with E-state index in [1.165, 1.54) is 5.56 Å². The summed E-state index contributed by atoms with van der Waals surface area (Å²) in [6.07, 6.45) is 1.03. The molecule has 1 fully saturated rings. The lowest BCUT2D eigenvalue weighted by Crippen LogP contribution is -2.57. The lowest BCUT2D eigenvalue weighted by molar-refractivity contribution is 0.0546. The third-order valence-electron chi connectivity index (χ3n) is 3.54. The highest BCUT2D eigenvalue weighted by molar-refractivity contribution is 6.30. The van der Waals surface area contributed by atoms with Crippen LogP contribution in [0.3, 0.4) is 0 Å². The highest BCUT2D eigenvalue weighted by Gasteiger charge is 2.38. The highest BCUT2D eigenvalue weighted by atomic mass is 35.5. The van der Waals surface area contributed by atoms with Gasteiger partial charge in [-0.3, -0.25) is 0 Å². The number of methoxy groups -OCH3 is 1. The van der Waals surface area contributed by atoms with E-state index in [1.54, 1.807) is 7.11 Å². The maximum Gasteiger partial charge on any atom is 0.0700 e. The SMILES string of the molecule is COCCOCCC1(c2ccc(Cl)cc2)CNC1. The lowest BCUT2D eigenvalue weighted by Gasteiger charge is -2.43. The van der Waals surface area contributed by atoms with Crippen LogP contribution in [-0.2, 0) is 14.9 Å². The Morgan fingerprint density at radius 3 is 2.44 bits per heavy atom. The Morgan fingerprint density at radius 1 is 1.17 bits per heavy atom. The number of nitrogens with one attached hydrogen (secondary N) is 1. The minimum Gasteiger partial charge on any atom is -0.382 e. The van der Waals surface area contributed by atoms with Gasteiger partial charge in [-0.25, -0.2) is 0 Å². The second kappa shape index (κ2) is 6.53. The monoisotopic (exact) mass is 269 g/mol. The van der Waals surface area contributed by atoms with Crippen molar-refractivity contribution in [1.29, 1.82) is 0 Å². The van der Waals surface area contributed by atoms with Crippen molar-refractivity contribution in [2.75, 3.05) is 40.0 Å². The summed E-state index contributed by atoms with van der Waals surface area (Å²) in [6, 6.07) is 8.17. The van der Waals surface area contributed by atoms with Crippen molar-refractivity contribution in [2.24, 2.45) is 0 Å². The van der Waals surface area contributed by atoms with Gasteiger partial charge in [-0.15, -0.1) is 0 Å². The van der Waals surface area contributed by atoms with Crippen molar-refractivity contribution in [1.82, 2.24) is 5.32 Å². The molecule has 0 saturated carbocycles. The molecule has 1 aromatic carbocycles. The van der Waals surface area contributed by atoms with Gasteiger partial charge in [0.15, 0.2) is 0 Å². The summed E-state index contributed by atoms with van der Waals surface area (Å²) in [5, 5.41) is 4.14. The summed E-state index contributed by atoms with van der Waals surface area (Å²) in [5.41, 5.74) is 1.57. The van der Waals surface area contributed by atoms with Gasteiger partial charge in [-0.1, -0.05) is 23.7 Å². The van der Waals surface area contributed by atoms with E-state index in [0.717, 1.165) is 31.1 Å². The summed E-state index contributed by atoms with van der Waals surface area (Å²) in [7, 11) is 1.69. The van der Waals surface area contributed by atoms with Gasteiger partial charge in [0.25, 0.3) is 0 Å². The summed E-state index contributed by atoms with van der Waals surface area (Å²) in [5.74, 6) is 0. The molecule has 0 radical (unpaired) electrons. The van der Waals surface area contributed by atoms with Crippen LogP contribution in [0.2, 0.25) is 5.02 Å². The predicted molar refractivity (Wildman–Crippen MR) is 73.3 cm³/mol. The molecule has 4 heteroatoms. The molecule has 0 spiro atoms. The standard InChI is InChI=1S/C14H20ClNO2/c1-17-8-9-18-7-6-14(10-16-11-14)12-2-4-13(15)5-3-12/h2-5,16H,6-11H2,1H3. The van der Waals surface area contributed by atoms with E-state index >= 15 is 0 Å². The van der Waals surface area contributed by atoms with E-state index in [1.807, 2.05) is 12.1 Å². The Kier molecular flexibility index (Phi) is 5.01. The second-order valence-corrected chi connectivity index (χ2v) is 5.18. The molecule has 18 heavy (non-hydrogen) atoms. The van der Waals surface area contributed by atoms with Crippen molar-refractivity contribution in [3.63, 3.8) is 0 Å². The predicted octanol–water partition coefficient (Wildman–Crippen LogP) is 2.23. The van der Waals surface area contributed by atoms with Crippen molar-refractivity contribution in [3.05, 3.63) is 34.9 Å². The Morgan fingerprint density at radius 2 is 1.89 bits per heavy atom. The first-order chi connectivity index (χ1) is 8.77. The van der Waals surface area contributed by atoms with E-state index in [-0.39, 0.29) is 5.41 Å². The summed E-state index contributed by atoms with van der Waals surface area (Å²) in [4.78, 5) is 0. The zero-order valence-electron chi connectivity index (χ0n) is 10.7. The average Bonchev–Trinajstić information content (AvgIpc) is 2.33. The summed E-state index contributed by atoms with van der Waals surface area (Å²) >= 11 is 5.93. The Hall–Kier alpha value is -0.610. The largest absolute Gasteiger partial charge is 0.382 e. The Balaban J connectivity index is 1.88. The number of ether oxygens (including phenoxy) is 2. The van der Waals surface area contributed by atoms with Crippen molar-refractivity contribution in [2.45, 2.75) is 11.8 Å². The van der Waals surface area contributed by atoms with Gasteiger partial charge < -0.3 is 14.8 Å². The van der Waals surface area contributed by atoms with Crippen molar-refractivity contribution in [3.8, 4) is 0 Å². The Bertz CT molecular complexity index is 363. The van der Waals surface area contributed by atoms with E-state index < -0.39 is 0 Å². The average molecular weight is 270 g/mol. The van der Waals surface area contributed by atoms with Crippen LogP contribution in [0.15, 0.2) is 24.3 Å². The molecule has 1 heterocycles. The van der Waals surface area contributed by atoms with Crippen molar-refractivity contribution < 1.29 is 9.47 Å². The quantitative estimate of drug-likeness (QED) is 0.770. The molecular weight excluding hydrogens is 250 g/mol. The maximum absolute atomic E-state index is 5.93. The summed E-state index contributed by atoms with van der Waals surface area (Å²) < 4.78 is 10.5. The molecule has 0 amide bonds. The van der Waals surface area contributed by atoms with Crippen LogP contribution in [0.5, 0.6) is 0 Å². The van der Waals surface area contributed by atoms with Crippen molar-refractivity contribution >= 4 is 11.6 Å². The number of hydrogen-bond donors (Lipinski definition) is 1. The molecule has 100 valence electrons. The van der Waals surface area contributed by atoms with Gasteiger partial charge in [-0.2, -0.15) is 0 Å². The third-order valence-corrected chi connectivity index (χ3v) is 3.79. The van der Waals surface area contributed by atoms with Crippen LogP contribution in [0.1, 0.15) is 12.0 Å². The number of benzene rings is 1. The van der Waals surface area contributed by atoms with E-state index in [2.05, 4.69) is 17.4 Å². The van der Waals surface area contributed by atoms with Crippen LogP contribution >= 0.6 is 11.6 Å². The topological polar surface area (TPSA) is 30.5 Å². The molecule has 2 rings (SSSR count). The van der Waals surface area contributed by atoms with Crippen LogP contribution in [0.4, 0.5) is 0 Å². The number of hydrogen-bond acceptors (Lipinski definition) is 3. The minimum absolute atomic E-state index is 0.220. The fourth-order valence-corrected chi connectivity index (χ4v) is 2.39. The molecule has 0 aromatic heterocycles. The molecule has 1 N–H and O–H groups in total. The molecule has 3 nitrogen and oxygen atoms in total. The number of rotatable bonds is 7. The van der Waals surface area contributed by atoms with Gasteiger partial charge in [0.05, 0.1) is 13.2 Å². The van der Waals surface area contributed by atoms with Crippen LogP contribution in [-0.4, -0.2) is 40.0 Å². The van der Waals surface area contributed by atoms with Crippen LogP contribution in [0, 0.1) is 0 Å². The molecule has 1 saturated heterocycles. The van der Waals surface area contributed by atoms with E-state index in [9.17, 15) is 0 Å². The summed E-state index contributed by atoms with van der Waals surface area (Å²) in [6.45, 7) is 4.13. The van der Waals surface area contributed by atoms with Gasteiger partial charge in [0, 0.05) is 37.2 Å². The smallest absolute Gasteiger partial charge is 0.0700 e. The molecular formula is C14H20ClNO2. The van der Waals surface area contributed by atoms with Gasteiger partial charge in [-0.05, 0) is 24.1 Å². The normalized spacial score (nSPS) is 17.4. The molecule has 0 unspecified atom stereocenters. The second-order valence-electron chi connectivity index (χ2n) is 4.75. The first-order valence-corrected chi connectivity index (χ1v) is 6.68. The van der Waals surface area contributed by atoms with E-state index in [4.69, 9.17) is 21.1 Å². The van der Waals surface area contributed by atoms with Gasteiger partial charge in [0.1, 0.15) is 0 Å². The van der Waals surface area contributed by atoms with E-state index in [0.29, 0.717) is 13.2 Å². The zero-order valence-corrected chi connectivity index (χ0v) is 11.5. The van der Waals surface area contributed by atoms with Crippen LogP contribution in [0.25, 0.3) is 0 Å². The third kappa shape index (κ3) is 3.23. The fourth-order valence-electron chi connectivity index (χ4n) is 2.27. The molecule has 1 aliphatic rings. The fraction of sp³-hybridized carbons (Fsp3) is 0.571. The Labute approximate surface area is 113 Å². The van der Waals surface area contributed by atoms with Crippen LogP contribution < -0.4 is 5.32 Å². The first-order valence-electron chi connectivity index (χ1n) is 6.30. The minimum atomic E-state index is 0.220. The lowest BCUT2D eigenvalue weighted by atomic mass is 9.73. The maximum atomic E-state index is 5.93. The van der Waals surface area contributed by atoms with Gasteiger partial charge in [0.2, 0.25) is 0 Å². The molecule has 0 bridgehead atoms. The number of halogens is 1. The zero-order chi connectivity index (χ0) is 12.8. The van der Waals surface area contributed by atoms with Gasteiger partial charge >= 0.3 is 0 Å². The molecule has 1 aromatic rings.